The molecule has 0 aromatic carbocycles. The normalized spacial score (nSPS) is 12.7. The van der Waals surface area contributed by atoms with E-state index in [0.29, 0.717) is 0 Å². The van der Waals surface area contributed by atoms with Gasteiger partial charge < -0.3 is 4.48 Å². The fraction of sp³-hybridized carbons (Fsp3) is 1.00. The summed E-state index contributed by atoms with van der Waals surface area (Å²) in [6.07, 6.45) is 34.8. The second-order valence-corrected chi connectivity index (χ2v) is 16.4. The molecule has 0 radical (unpaired) electrons. The van der Waals surface area contributed by atoms with Gasteiger partial charge >= 0.3 is 31.1 Å². The van der Waals surface area contributed by atoms with Gasteiger partial charge in [-0.15, -0.1) is 0 Å². The highest BCUT2D eigenvalue weighted by Gasteiger charge is 2.43. The first-order chi connectivity index (χ1) is 22.7. The number of nitrogens with two attached hydrogens (primary N) is 2. The number of primary sulfonamides is 2. The maximum absolute atomic E-state index is 10.8. The molecule has 0 saturated carbocycles. The summed E-state index contributed by atoms with van der Waals surface area (Å²) in [6.45, 7) is 15.3. The van der Waals surface area contributed by atoms with Crippen LogP contribution in [0.1, 0.15) is 182 Å². The zero-order chi connectivity index (χ0) is 38.3. The molecule has 0 atom stereocenters. The predicted molar refractivity (Wildman–Crippen MR) is 192 cm³/mol. The van der Waals surface area contributed by atoms with Crippen molar-refractivity contribution in [3.05, 3.63) is 0 Å². The lowest BCUT2D eigenvalue weighted by molar-refractivity contribution is -0.929. The number of rotatable bonds is 28. The van der Waals surface area contributed by atoms with Crippen molar-refractivity contribution in [3.63, 3.8) is 0 Å². The van der Waals surface area contributed by atoms with Crippen LogP contribution in [0.15, 0.2) is 0 Å². The van der Waals surface area contributed by atoms with Gasteiger partial charge in [0.25, 0.3) is 0 Å². The quantitative estimate of drug-likeness (QED) is 0.0468. The van der Waals surface area contributed by atoms with E-state index in [0.717, 1.165) is 0 Å². The number of hydrogen-bond acceptors (Lipinski definition) is 4. The fourth-order valence-electron chi connectivity index (χ4n) is 5.58. The molecule has 0 saturated heterocycles. The molecule has 0 rings (SSSR count). The lowest BCUT2D eigenvalue weighted by atomic mass is 10.0. The zero-order valence-electron chi connectivity index (χ0n) is 31.1. The molecule has 0 aliphatic carbocycles. The lowest BCUT2D eigenvalue weighted by Crippen LogP contribution is -2.50. The van der Waals surface area contributed by atoms with Crippen LogP contribution in [-0.4, -0.2) is 58.5 Å². The van der Waals surface area contributed by atoms with E-state index in [2.05, 4.69) is 38.0 Å². The van der Waals surface area contributed by atoms with Crippen molar-refractivity contribution in [2.24, 2.45) is 10.3 Å². The van der Waals surface area contributed by atoms with Crippen molar-refractivity contribution < 1.29 is 47.7 Å². The van der Waals surface area contributed by atoms with Gasteiger partial charge in [-0.05, 0) is 51.4 Å². The molecule has 7 nitrogen and oxygen atoms in total. The van der Waals surface area contributed by atoms with E-state index in [1.54, 1.807) is 0 Å². The molecule has 0 aliphatic heterocycles. The Hall–Kier alpha value is -0.640. The Morgan fingerprint density at radius 2 is 0.510 bits per heavy atom. The third-order valence-corrected chi connectivity index (χ3v) is 9.88. The smallest absolute Gasteiger partial charge is 0.324 e. The maximum Gasteiger partial charge on any atom is 0.511 e. The number of unbranched alkanes of at least 4 members (excludes halogenated alkanes) is 20. The highest BCUT2D eigenvalue weighted by molar-refractivity contribution is 7.90. The average molecular weight is 765 g/mol. The molecular formula is C34H72F6N3O4S2+. The SMILES string of the molecule is CCCCCCCC[N+](CCCCCCCC)(CCCCCCCC)CCCCCCCC.NS(=O)(=O)C(F)(F)F.NS(=O)(=O)C(F)(F)F. The molecule has 49 heavy (non-hydrogen) atoms. The number of sulfonamides is 2. The Kier molecular flexibility index (Phi) is 33.3. The van der Waals surface area contributed by atoms with Gasteiger partial charge in [-0.3, -0.25) is 0 Å². The molecule has 300 valence electrons. The first-order valence-electron chi connectivity index (χ1n) is 18.8. The van der Waals surface area contributed by atoms with Gasteiger partial charge in [-0.2, -0.15) is 26.3 Å². The minimum atomic E-state index is -5.34. The van der Waals surface area contributed by atoms with E-state index >= 15 is 0 Å². The minimum absolute atomic E-state index is 1.37. The van der Waals surface area contributed by atoms with Crippen molar-refractivity contribution >= 4 is 20.0 Å². The van der Waals surface area contributed by atoms with Crippen LogP contribution < -0.4 is 10.3 Å². The molecule has 0 heterocycles. The first-order valence-corrected chi connectivity index (χ1v) is 21.9. The van der Waals surface area contributed by atoms with Gasteiger partial charge in [-0.25, -0.2) is 27.1 Å². The van der Waals surface area contributed by atoms with Crippen LogP contribution >= 0.6 is 0 Å². The summed E-state index contributed by atoms with van der Waals surface area (Å²) >= 11 is 0. The van der Waals surface area contributed by atoms with Crippen molar-refractivity contribution in [1.82, 2.24) is 0 Å². The molecule has 0 fully saturated rings. The number of hydrogen-bond donors (Lipinski definition) is 2. The van der Waals surface area contributed by atoms with Gasteiger partial charge in [0, 0.05) is 0 Å². The standard InChI is InChI=1S/C32H68N.2CH2F3NO2S/c1-5-9-13-17-21-25-29-33(30-26-22-18-14-10-6-2,31-27-23-19-15-11-7-3)32-28-24-20-16-12-8-4;2*2-1(3,4)8(5,6)7/h5-32H2,1-4H3;2*(H2,5,6,7)/q+1;;. The van der Waals surface area contributed by atoms with Gasteiger partial charge in [0.05, 0.1) is 26.2 Å². The molecule has 0 bridgehead atoms. The molecule has 0 amide bonds. The Morgan fingerprint density at radius 1 is 0.367 bits per heavy atom. The molecule has 15 heteroatoms. The van der Waals surface area contributed by atoms with Crippen molar-refractivity contribution in [2.45, 2.75) is 193 Å². The summed E-state index contributed by atoms with van der Waals surface area (Å²) in [5, 5.41) is 7.32. The number of quaternary nitrogens is 1. The minimum Gasteiger partial charge on any atom is -0.324 e. The van der Waals surface area contributed by atoms with E-state index in [9.17, 15) is 43.2 Å². The van der Waals surface area contributed by atoms with Crippen LogP contribution in [0.3, 0.4) is 0 Å². The van der Waals surface area contributed by atoms with Crippen LogP contribution in [0.25, 0.3) is 0 Å². The summed E-state index contributed by atoms with van der Waals surface area (Å²) in [5.41, 5.74) is -10.6. The topological polar surface area (TPSA) is 120 Å². The van der Waals surface area contributed by atoms with Crippen molar-refractivity contribution in [1.29, 1.82) is 0 Å². The molecule has 0 unspecified atom stereocenters. The highest BCUT2D eigenvalue weighted by atomic mass is 32.2. The average Bonchev–Trinajstić information content (AvgIpc) is 2.99. The second kappa shape index (κ2) is 30.9. The van der Waals surface area contributed by atoms with E-state index in [4.69, 9.17) is 0 Å². The first kappa shape index (κ1) is 52.7. The van der Waals surface area contributed by atoms with E-state index in [1.807, 2.05) is 0 Å². The lowest BCUT2D eigenvalue weighted by Gasteiger charge is -2.40. The predicted octanol–water partition coefficient (Wildman–Crippen LogP) is 10.8. The van der Waals surface area contributed by atoms with Crippen LogP contribution in [0.4, 0.5) is 26.3 Å². The van der Waals surface area contributed by atoms with E-state index < -0.39 is 31.1 Å². The van der Waals surface area contributed by atoms with Crippen LogP contribution in [0.5, 0.6) is 0 Å². The largest absolute Gasteiger partial charge is 0.511 e. The van der Waals surface area contributed by atoms with Crippen LogP contribution in [0.2, 0.25) is 0 Å². The van der Waals surface area contributed by atoms with Gasteiger partial charge in [0.1, 0.15) is 0 Å². The molecular weight excluding hydrogens is 693 g/mol. The third kappa shape index (κ3) is 34.2. The van der Waals surface area contributed by atoms with Crippen LogP contribution in [0, 0.1) is 0 Å². The Balaban J connectivity index is -0.00000108. The third-order valence-electron chi connectivity index (χ3n) is 8.59. The number of nitrogens with zero attached hydrogens (tertiary/aromatic N) is 1. The van der Waals surface area contributed by atoms with Gasteiger partial charge in [0.15, 0.2) is 0 Å². The van der Waals surface area contributed by atoms with Crippen LogP contribution in [-0.2, 0) is 20.0 Å². The monoisotopic (exact) mass is 764 g/mol. The fourth-order valence-corrected chi connectivity index (χ4v) is 5.58. The number of alkyl halides is 6. The van der Waals surface area contributed by atoms with E-state index in [-0.39, 0.29) is 0 Å². The Morgan fingerprint density at radius 3 is 0.653 bits per heavy atom. The zero-order valence-corrected chi connectivity index (χ0v) is 32.8. The number of halogens is 6. The molecule has 0 aromatic rings. The maximum atomic E-state index is 10.8. The van der Waals surface area contributed by atoms with Gasteiger partial charge in [-0.1, -0.05) is 130 Å². The summed E-state index contributed by atoms with van der Waals surface area (Å²) in [5.74, 6) is 0. The molecule has 0 aromatic heterocycles. The molecule has 0 spiro atoms. The summed E-state index contributed by atoms with van der Waals surface area (Å²) in [4.78, 5) is 0. The summed E-state index contributed by atoms with van der Waals surface area (Å²) < 4.78 is 104. The van der Waals surface area contributed by atoms with Crippen molar-refractivity contribution in [3.8, 4) is 0 Å². The Labute approximate surface area is 296 Å². The molecule has 4 N–H and O–H groups in total. The van der Waals surface area contributed by atoms with Gasteiger partial charge in [0.2, 0.25) is 0 Å². The summed E-state index contributed by atoms with van der Waals surface area (Å²) in [7, 11) is -10.7. The second-order valence-electron chi connectivity index (χ2n) is 13.3. The molecule has 0 aliphatic rings. The van der Waals surface area contributed by atoms with Crippen molar-refractivity contribution in [2.75, 3.05) is 26.2 Å². The summed E-state index contributed by atoms with van der Waals surface area (Å²) in [6, 6.07) is 0. The Bertz CT molecular complexity index is 837. The van der Waals surface area contributed by atoms with E-state index in [1.165, 1.54) is 185 Å². The highest BCUT2D eigenvalue weighted by Crippen LogP contribution is 2.22.